The first-order valence-electron chi connectivity index (χ1n) is 6.93. The van der Waals surface area contributed by atoms with Crippen LogP contribution in [0.15, 0.2) is 19.0 Å². The fraction of sp³-hybridized carbons (Fsp3) is 0.400. The Morgan fingerprint density at radius 2 is 2.30 bits per heavy atom. The van der Waals surface area contributed by atoms with Gasteiger partial charge in [0.05, 0.1) is 18.0 Å². The van der Waals surface area contributed by atoms with Crippen molar-refractivity contribution < 1.29 is 0 Å². The van der Waals surface area contributed by atoms with Gasteiger partial charge in [-0.05, 0) is 25.7 Å². The molecule has 2 aromatic rings. The van der Waals surface area contributed by atoms with E-state index in [1.54, 1.807) is 0 Å². The molecule has 5 nitrogen and oxygen atoms in total. The number of nitrogens with one attached hydrogen (secondary N) is 2. The van der Waals surface area contributed by atoms with Crippen LogP contribution in [-0.4, -0.2) is 20.5 Å². The van der Waals surface area contributed by atoms with Gasteiger partial charge in [0.1, 0.15) is 11.1 Å². The highest BCUT2D eigenvalue weighted by Crippen LogP contribution is 2.40. The summed E-state index contributed by atoms with van der Waals surface area (Å²) in [6.45, 7) is 4.06. The van der Waals surface area contributed by atoms with E-state index < -0.39 is 5.54 Å². The quantitative estimate of drug-likeness (QED) is 0.890. The molecule has 0 amide bonds. The zero-order valence-corrected chi connectivity index (χ0v) is 11.1. The Labute approximate surface area is 116 Å². The number of aromatic amines is 1. The van der Waals surface area contributed by atoms with Gasteiger partial charge in [-0.15, -0.1) is 0 Å². The number of fused-ring (bicyclic) bond motifs is 1. The molecule has 0 unspecified atom stereocenters. The summed E-state index contributed by atoms with van der Waals surface area (Å²) in [6.07, 6.45) is 7.89. The van der Waals surface area contributed by atoms with Crippen molar-refractivity contribution in [2.24, 2.45) is 0 Å². The number of nitriles is 1. The summed E-state index contributed by atoms with van der Waals surface area (Å²) in [4.78, 5) is 12.3. The molecule has 0 spiro atoms. The van der Waals surface area contributed by atoms with Gasteiger partial charge in [-0.2, -0.15) is 5.26 Å². The van der Waals surface area contributed by atoms with E-state index in [4.69, 9.17) is 10.2 Å². The van der Waals surface area contributed by atoms with Crippen LogP contribution in [0, 0.1) is 11.3 Å². The van der Waals surface area contributed by atoms with E-state index >= 15 is 0 Å². The van der Waals surface area contributed by atoms with Crippen LogP contribution >= 0.6 is 0 Å². The van der Waals surface area contributed by atoms with E-state index in [0.29, 0.717) is 5.92 Å². The van der Waals surface area contributed by atoms with Crippen molar-refractivity contribution in [3.63, 3.8) is 0 Å². The molecular formula is C15H15N5. The van der Waals surface area contributed by atoms with Crippen LogP contribution in [0.25, 0.3) is 16.9 Å². The van der Waals surface area contributed by atoms with E-state index in [-0.39, 0.29) is 0 Å². The summed E-state index contributed by atoms with van der Waals surface area (Å²) in [5.41, 5.74) is 3.93. The average Bonchev–Trinajstić information content (AvgIpc) is 3.37. The van der Waals surface area contributed by atoms with Crippen LogP contribution in [0.1, 0.15) is 42.9 Å². The molecule has 2 N–H and O–H groups in total. The van der Waals surface area contributed by atoms with Crippen molar-refractivity contribution in [2.75, 3.05) is 0 Å². The Balaban J connectivity index is 1.70. The molecule has 2 aliphatic carbocycles. The van der Waals surface area contributed by atoms with E-state index in [1.807, 2.05) is 12.4 Å². The maximum absolute atomic E-state index is 9.15. The SMILES string of the molecule is C=C(NC1(C#N)CC1)c1c[nH]c2ncc(C3CC3)nc12. The van der Waals surface area contributed by atoms with Crippen molar-refractivity contribution in [2.45, 2.75) is 37.1 Å². The number of aromatic nitrogens is 3. The molecule has 20 heavy (non-hydrogen) atoms. The molecule has 2 aromatic heterocycles. The highest BCUT2D eigenvalue weighted by Gasteiger charge is 2.43. The smallest absolute Gasteiger partial charge is 0.156 e. The first kappa shape index (κ1) is 11.5. The van der Waals surface area contributed by atoms with E-state index in [9.17, 15) is 0 Å². The molecule has 4 rings (SSSR count). The lowest BCUT2D eigenvalue weighted by atomic mass is 10.2. The zero-order valence-electron chi connectivity index (χ0n) is 11.1. The van der Waals surface area contributed by atoms with Crippen molar-refractivity contribution >= 4 is 16.9 Å². The van der Waals surface area contributed by atoms with Gasteiger partial charge in [0.2, 0.25) is 0 Å². The van der Waals surface area contributed by atoms with Crippen LogP contribution in [-0.2, 0) is 0 Å². The van der Waals surface area contributed by atoms with Gasteiger partial charge in [-0.3, -0.25) is 0 Å². The Bertz CT molecular complexity index is 743. The van der Waals surface area contributed by atoms with Crippen molar-refractivity contribution in [1.82, 2.24) is 20.3 Å². The van der Waals surface area contributed by atoms with Crippen molar-refractivity contribution in [3.05, 3.63) is 30.2 Å². The fourth-order valence-corrected chi connectivity index (χ4v) is 2.46. The van der Waals surface area contributed by atoms with Crippen LogP contribution in [0.4, 0.5) is 0 Å². The molecule has 100 valence electrons. The Hall–Kier alpha value is -2.35. The molecule has 0 atom stereocenters. The fourth-order valence-electron chi connectivity index (χ4n) is 2.46. The molecule has 2 aliphatic rings. The molecule has 0 radical (unpaired) electrons. The maximum atomic E-state index is 9.15. The highest BCUT2D eigenvalue weighted by atomic mass is 15.0. The Morgan fingerprint density at radius 1 is 1.50 bits per heavy atom. The summed E-state index contributed by atoms with van der Waals surface area (Å²) < 4.78 is 0. The standard InChI is InChI=1S/C15H15N5/c1-9(20-15(8-16)4-5-15)11-6-17-14-13(11)19-12(7-18-14)10-2-3-10/h6-7,10,20H,1-5H2,(H,17,18). The number of hydrogen-bond acceptors (Lipinski definition) is 4. The van der Waals surface area contributed by atoms with E-state index in [1.165, 1.54) is 12.8 Å². The lowest BCUT2D eigenvalue weighted by Gasteiger charge is -2.12. The van der Waals surface area contributed by atoms with Gasteiger partial charge in [-0.25, -0.2) is 9.97 Å². The van der Waals surface area contributed by atoms with Crippen molar-refractivity contribution in [3.8, 4) is 6.07 Å². The number of H-pyrrole nitrogens is 1. The highest BCUT2D eigenvalue weighted by molar-refractivity contribution is 5.86. The monoisotopic (exact) mass is 265 g/mol. The summed E-state index contributed by atoms with van der Waals surface area (Å²) >= 11 is 0. The van der Waals surface area contributed by atoms with Crippen LogP contribution < -0.4 is 5.32 Å². The molecule has 5 heteroatoms. The van der Waals surface area contributed by atoms with Gasteiger partial charge in [-0.1, -0.05) is 6.58 Å². The van der Waals surface area contributed by atoms with Crippen LogP contribution in [0.5, 0.6) is 0 Å². The van der Waals surface area contributed by atoms with Gasteiger partial charge in [0.15, 0.2) is 5.65 Å². The van der Waals surface area contributed by atoms with Gasteiger partial charge in [0.25, 0.3) is 0 Å². The third kappa shape index (κ3) is 1.76. The molecule has 2 heterocycles. The number of nitrogens with zero attached hydrogens (tertiary/aromatic N) is 3. The van der Waals surface area contributed by atoms with E-state index in [2.05, 4.69) is 27.9 Å². The minimum absolute atomic E-state index is 0.414. The average molecular weight is 265 g/mol. The summed E-state index contributed by atoms with van der Waals surface area (Å²) in [5, 5.41) is 12.4. The third-order valence-corrected chi connectivity index (χ3v) is 4.07. The van der Waals surface area contributed by atoms with E-state index in [0.717, 1.165) is 41.0 Å². The second-order valence-electron chi connectivity index (χ2n) is 5.77. The topological polar surface area (TPSA) is 77.4 Å². The lowest BCUT2D eigenvalue weighted by Crippen LogP contribution is -2.27. The Kier molecular flexibility index (Phi) is 2.19. The maximum Gasteiger partial charge on any atom is 0.156 e. The molecule has 0 saturated heterocycles. The van der Waals surface area contributed by atoms with Gasteiger partial charge >= 0.3 is 0 Å². The van der Waals surface area contributed by atoms with Crippen molar-refractivity contribution in [1.29, 1.82) is 5.26 Å². The third-order valence-electron chi connectivity index (χ3n) is 4.07. The number of hydrogen-bond donors (Lipinski definition) is 2. The first-order valence-corrected chi connectivity index (χ1v) is 6.93. The Morgan fingerprint density at radius 3 is 2.95 bits per heavy atom. The van der Waals surface area contributed by atoms with Crippen LogP contribution in [0.2, 0.25) is 0 Å². The second-order valence-corrected chi connectivity index (χ2v) is 5.77. The van der Waals surface area contributed by atoms with Gasteiger partial charge < -0.3 is 10.3 Å². The molecule has 0 bridgehead atoms. The summed E-state index contributed by atoms with van der Waals surface area (Å²) in [6, 6.07) is 2.31. The minimum atomic E-state index is -0.414. The minimum Gasteiger partial charge on any atom is -0.367 e. The normalized spacial score (nSPS) is 19.6. The first-order chi connectivity index (χ1) is 9.71. The zero-order chi connectivity index (χ0) is 13.7. The summed E-state index contributed by atoms with van der Waals surface area (Å²) in [7, 11) is 0. The molecular weight excluding hydrogens is 250 g/mol. The molecule has 0 aromatic carbocycles. The molecule has 2 fully saturated rings. The van der Waals surface area contributed by atoms with Gasteiger partial charge in [0, 0.05) is 23.4 Å². The van der Waals surface area contributed by atoms with Crippen LogP contribution in [0.3, 0.4) is 0 Å². The second kappa shape index (κ2) is 3.83. The number of rotatable bonds is 4. The summed E-state index contributed by atoms with van der Waals surface area (Å²) in [5.74, 6) is 0.574. The molecule has 0 aliphatic heterocycles. The lowest BCUT2D eigenvalue weighted by molar-refractivity contribution is 0.739. The predicted octanol–water partition coefficient (Wildman–Crippen LogP) is 2.45. The molecule has 2 saturated carbocycles. The predicted molar refractivity (Wildman–Crippen MR) is 75.6 cm³/mol. The largest absolute Gasteiger partial charge is 0.367 e.